The number of hydrogen-bond acceptors (Lipinski definition) is 4. The molecule has 0 aliphatic carbocycles. The van der Waals surface area contributed by atoms with Crippen LogP contribution in [0.5, 0.6) is 0 Å². The molecule has 9 heteroatoms. The fourth-order valence-electron chi connectivity index (χ4n) is 3.04. The molecule has 0 unspecified atom stereocenters. The number of anilines is 1. The third-order valence-electron chi connectivity index (χ3n) is 4.63. The number of benzene rings is 1. The third-order valence-corrected chi connectivity index (χ3v) is 5.76. The van der Waals surface area contributed by atoms with Crippen molar-refractivity contribution in [1.82, 2.24) is 4.90 Å². The van der Waals surface area contributed by atoms with E-state index in [1.54, 1.807) is 0 Å². The van der Waals surface area contributed by atoms with Gasteiger partial charge in [-0.1, -0.05) is 6.92 Å². The number of nitriles is 1. The van der Waals surface area contributed by atoms with Crippen LogP contribution in [-0.4, -0.2) is 23.9 Å². The summed E-state index contributed by atoms with van der Waals surface area (Å²) in [5.74, 6) is -8.11. The molecule has 2 aromatic rings. The van der Waals surface area contributed by atoms with Gasteiger partial charge in [0.25, 0.3) is 5.91 Å². The summed E-state index contributed by atoms with van der Waals surface area (Å²) in [5.41, 5.74) is -1.19. The van der Waals surface area contributed by atoms with E-state index in [0.717, 1.165) is 41.8 Å². The Hall–Kier alpha value is -2.44. The molecule has 1 aliphatic heterocycles. The Morgan fingerprint density at radius 3 is 2.41 bits per heavy atom. The van der Waals surface area contributed by atoms with Gasteiger partial charge in [0.2, 0.25) is 0 Å². The first-order valence-electron chi connectivity index (χ1n) is 8.20. The summed E-state index contributed by atoms with van der Waals surface area (Å²) >= 11 is 1.12. The lowest BCUT2D eigenvalue weighted by atomic mass is 10.0. The fourth-order valence-corrected chi connectivity index (χ4v) is 4.27. The van der Waals surface area contributed by atoms with Crippen molar-refractivity contribution in [3.05, 3.63) is 50.4 Å². The molecular weight excluding hydrogens is 382 g/mol. The minimum atomic E-state index is -1.76. The van der Waals surface area contributed by atoms with Crippen LogP contribution in [0.1, 0.15) is 38.8 Å². The molecule has 1 N–H and O–H groups in total. The number of halogens is 4. The average Bonchev–Trinajstić information content (AvgIpc) is 3.00. The number of fused-ring (bicyclic) bond motifs is 1. The number of likely N-dealkylation sites (N-methyl/N-ethyl adjacent to an activating group) is 1. The Morgan fingerprint density at radius 2 is 1.85 bits per heavy atom. The molecule has 27 heavy (non-hydrogen) atoms. The highest BCUT2D eigenvalue weighted by atomic mass is 32.1. The number of amides is 1. The van der Waals surface area contributed by atoms with Crippen LogP contribution in [0.25, 0.3) is 0 Å². The second-order valence-electron chi connectivity index (χ2n) is 6.15. The first-order chi connectivity index (χ1) is 12.8. The Morgan fingerprint density at radius 1 is 1.22 bits per heavy atom. The van der Waals surface area contributed by atoms with Crippen molar-refractivity contribution in [2.45, 2.75) is 26.8 Å². The van der Waals surface area contributed by atoms with Crippen molar-refractivity contribution < 1.29 is 22.4 Å². The molecule has 1 aromatic heterocycles. The molecule has 1 aliphatic rings. The maximum absolute atomic E-state index is 14.1. The van der Waals surface area contributed by atoms with E-state index >= 15 is 0 Å². The largest absolute Gasteiger partial charge is 0.312 e. The summed E-state index contributed by atoms with van der Waals surface area (Å²) in [5, 5.41) is 11.8. The second-order valence-corrected chi connectivity index (χ2v) is 7.25. The highest BCUT2D eigenvalue weighted by Gasteiger charge is 2.30. The van der Waals surface area contributed by atoms with Crippen molar-refractivity contribution in [1.29, 1.82) is 5.26 Å². The van der Waals surface area contributed by atoms with Crippen LogP contribution in [0.3, 0.4) is 0 Å². The van der Waals surface area contributed by atoms with Gasteiger partial charge in [-0.15, -0.1) is 11.3 Å². The summed E-state index contributed by atoms with van der Waals surface area (Å²) in [6.07, 6.45) is 0.606. The van der Waals surface area contributed by atoms with Gasteiger partial charge in [0.15, 0.2) is 23.3 Å². The predicted molar refractivity (Wildman–Crippen MR) is 92.7 cm³/mol. The molecule has 1 aromatic carbocycles. The lowest BCUT2D eigenvalue weighted by Gasteiger charge is -2.24. The first kappa shape index (κ1) is 19.3. The zero-order chi connectivity index (χ0) is 19.9. The molecule has 0 saturated carbocycles. The normalized spacial score (nSPS) is 14.0. The summed E-state index contributed by atoms with van der Waals surface area (Å²) in [7, 11) is 0. The minimum absolute atomic E-state index is 0.116. The predicted octanol–water partition coefficient (Wildman–Crippen LogP) is 4.11. The third kappa shape index (κ3) is 3.19. The van der Waals surface area contributed by atoms with Crippen LogP contribution < -0.4 is 5.32 Å². The van der Waals surface area contributed by atoms with Crippen LogP contribution in [-0.2, 0) is 13.0 Å². The molecule has 0 spiro atoms. The Bertz CT molecular complexity index is 951. The fraction of sp³-hybridized carbons (Fsp3) is 0.333. The maximum atomic E-state index is 14.1. The van der Waals surface area contributed by atoms with Gasteiger partial charge in [0.1, 0.15) is 16.6 Å². The van der Waals surface area contributed by atoms with Crippen LogP contribution in [0, 0.1) is 41.5 Å². The summed E-state index contributed by atoms with van der Waals surface area (Å²) in [6.45, 7) is 5.04. The van der Waals surface area contributed by atoms with Gasteiger partial charge >= 0.3 is 0 Å². The van der Waals surface area contributed by atoms with Gasteiger partial charge < -0.3 is 5.32 Å². The molecular formula is C18H15F4N3OS. The number of thiophene rings is 1. The molecule has 0 atom stereocenters. The van der Waals surface area contributed by atoms with Gasteiger partial charge in [-0.3, -0.25) is 9.69 Å². The number of carbonyl (C=O) groups is 1. The zero-order valence-electron chi connectivity index (χ0n) is 14.6. The van der Waals surface area contributed by atoms with E-state index in [0.29, 0.717) is 13.0 Å². The van der Waals surface area contributed by atoms with Crippen LogP contribution in [0.4, 0.5) is 22.6 Å². The number of nitrogens with zero attached hydrogens (tertiary/aromatic N) is 2. The highest BCUT2D eigenvalue weighted by molar-refractivity contribution is 7.16. The van der Waals surface area contributed by atoms with Crippen LogP contribution in [0.2, 0.25) is 0 Å². The Balaban J connectivity index is 1.99. The monoisotopic (exact) mass is 397 g/mol. The quantitative estimate of drug-likeness (QED) is 0.626. The molecule has 3 rings (SSSR count). The van der Waals surface area contributed by atoms with Crippen molar-refractivity contribution in [3.8, 4) is 6.07 Å². The molecule has 2 heterocycles. The van der Waals surface area contributed by atoms with E-state index in [1.165, 1.54) is 0 Å². The van der Waals surface area contributed by atoms with Crippen molar-refractivity contribution in [3.63, 3.8) is 0 Å². The van der Waals surface area contributed by atoms with Crippen LogP contribution in [0.15, 0.2) is 0 Å². The molecule has 0 saturated heterocycles. The topological polar surface area (TPSA) is 56.1 Å². The highest BCUT2D eigenvalue weighted by Crippen LogP contribution is 2.37. The minimum Gasteiger partial charge on any atom is -0.312 e. The lowest BCUT2D eigenvalue weighted by Crippen LogP contribution is -2.29. The second kappa shape index (κ2) is 7.29. The molecule has 0 fully saturated rings. The maximum Gasteiger partial charge on any atom is 0.262 e. The molecule has 0 bridgehead atoms. The van der Waals surface area contributed by atoms with E-state index in [1.807, 2.05) is 13.0 Å². The van der Waals surface area contributed by atoms with E-state index in [9.17, 15) is 27.6 Å². The standard InChI is InChI=1S/C18H15F4N3OS/c1-3-25-5-4-9-10(6-23)18(27-11(9)7-25)24-17(26)12-15(21)13(19)8(2)14(20)16(12)22/h3-5,7H2,1-2H3,(H,24,26). The number of hydrogen-bond donors (Lipinski definition) is 1. The number of carbonyl (C=O) groups excluding carboxylic acids is 1. The summed E-state index contributed by atoms with van der Waals surface area (Å²) in [4.78, 5) is 15.4. The van der Waals surface area contributed by atoms with E-state index in [4.69, 9.17) is 0 Å². The SMILES string of the molecule is CCN1CCc2c(sc(NC(=O)c3c(F)c(F)c(C)c(F)c3F)c2C#N)C1. The summed E-state index contributed by atoms with van der Waals surface area (Å²) < 4.78 is 55.6. The molecule has 142 valence electrons. The van der Waals surface area contributed by atoms with E-state index in [2.05, 4.69) is 10.2 Å². The molecule has 0 radical (unpaired) electrons. The Kier molecular flexibility index (Phi) is 5.22. The summed E-state index contributed by atoms with van der Waals surface area (Å²) in [6, 6.07) is 2.00. The molecule has 4 nitrogen and oxygen atoms in total. The molecule has 1 amide bonds. The van der Waals surface area contributed by atoms with Crippen LogP contribution >= 0.6 is 11.3 Å². The van der Waals surface area contributed by atoms with Crippen molar-refractivity contribution in [2.75, 3.05) is 18.4 Å². The van der Waals surface area contributed by atoms with Gasteiger partial charge in [0, 0.05) is 23.5 Å². The average molecular weight is 397 g/mol. The number of rotatable bonds is 3. The first-order valence-corrected chi connectivity index (χ1v) is 9.02. The van der Waals surface area contributed by atoms with Gasteiger partial charge in [-0.25, -0.2) is 17.6 Å². The van der Waals surface area contributed by atoms with Gasteiger partial charge in [0.05, 0.1) is 5.56 Å². The smallest absolute Gasteiger partial charge is 0.262 e. The van der Waals surface area contributed by atoms with E-state index in [-0.39, 0.29) is 10.6 Å². The number of nitrogens with one attached hydrogen (secondary N) is 1. The van der Waals surface area contributed by atoms with Crippen molar-refractivity contribution >= 4 is 22.2 Å². The lowest BCUT2D eigenvalue weighted by molar-refractivity contribution is 0.101. The zero-order valence-corrected chi connectivity index (χ0v) is 15.4. The Labute approximate surface area is 157 Å². The van der Waals surface area contributed by atoms with Crippen molar-refractivity contribution in [2.24, 2.45) is 0 Å². The van der Waals surface area contributed by atoms with Gasteiger partial charge in [-0.2, -0.15) is 5.26 Å². The van der Waals surface area contributed by atoms with Gasteiger partial charge in [-0.05, 0) is 25.5 Å². The van der Waals surface area contributed by atoms with E-state index < -0.39 is 40.3 Å².